The van der Waals surface area contributed by atoms with Gasteiger partial charge in [-0.15, -0.1) is 0 Å². The molecular formula is C29H36ClN5O. The SMILES string of the molecule is C[C@H](NCC1CCC1)c1cc(Cl)c2c(c1)C(=O)N(c1cccc([C@H](C(=N)N(C)C=N)C3CCC3)c1)C2. The van der Waals surface area contributed by atoms with Gasteiger partial charge in [0.05, 0.1) is 12.9 Å². The highest BCUT2D eigenvalue weighted by molar-refractivity contribution is 6.32. The van der Waals surface area contributed by atoms with Crippen LogP contribution in [0.2, 0.25) is 5.02 Å². The number of carbonyl (C=O) groups is 1. The van der Waals surface area contributed by atoms with Crippen molar-refractivity contribution in [2.45, 2.75) is 64.0 Å². The number of carbonyl (C=O) groups excluding carboxylic acids is 1. The molecule has 0 aromatic heterocycles. The fraction of sp³-hybridized carbons (Fsp3) is 0.483. The number of amides is 1. The largest absolute Gasteiger partial charge is 0.324 e. The summed E-state index contributed by atoms with van der Waals surface area (Å²) < 4.78 is 0. The lowest BCUT2D eigenvalue weighted by Gasteiger charge is -2.36. The van der Waals surface area contributed by atoms with E-state index >= 15 is 0 Å². The molecule has 36 heavy (non-hydrogen) atoms. The topological polar surface area (TPSA) is 83.3 Å². The summed E-state index contributed by atoms with van der Waals surface area (Å²) in [6, 6.07) is 12.2. The summed E-state index contributed by atoms with van der Waals surface area (Å²) in [5, 5.41) is 20.6. The van der Waals surface area contributed by atoms with E-state index in [0.29, 0.717) is 28.9 Å². The van der Waals surface area contributed by atoms with Gasteiger partial charge in [-0.05, 0) is 86.4 Å². The zero-order valence-corrected chi connectivity index (χ0v) is 21.9. The minimum atomic E-state index is -0.0804. The fourth-order valence-corrected chi connectivity index (χ4v) is 5.89. The number of amidine groups is 1. The van der Waals surface area contributed by atoms with Crippen LogP contribution >= 0.6 is 11.6 Å². The molecular weight excluding hydrogens is 470 g/mol. The van der Waals surface area contributed by atoms with Crippen molar-refractivity contribution >= 4 is 35.4 Å². The lowest BCUT2D eigenvalue weighted by atomic mass is 9.72. The number of benzene rings is 2. The Kier molecular flexibility index (Phi) is 7.18. The first-order chi connectivity index (χ1) is 17.4. The molecule has 2 saturated carbocycles. The molecule has 1 aliphatic heterocycles. The number of halogens is 1. The van der Waals surface area contributed by atoms with E-state index in [4.69, 9.17) is 22.4 Å². The average Bonchev–Trinajstić information content (AvgIpc) is 3.16. The van der Waals surface area contributed by atoms with E-state index in [1.54, 1.807) is 16.8 Å². The van der Waals surface area contributed by atoms with Gasteiger partial charge in [-0.3, -0.25) is 15.6 Å². The summed E-state index contributed by atoms with van der Waals surface area (Å²) in [6.07, 6.45) is 8.48. The van der Waals surface area contributed by atoms with Crippen LogP contribution in [0.1, 0.15) is 84.5 Å². The highest BCUT2D eigenvalue weighted by Gasteiger charge is 2.35. The number of hydrogen-bond donors (Lipinski definition) is 3. The molecule has 7 heteroatoms. The number of nitrogens with zero attached hydrogens (tertiary/aromatic N) is 2. The van der Waals surface area contributed by atoms with Crippen LogP contribution in [0.4, 0.5) is 5.69 Å². The Balaban J connectivity index is 1.38. The third-order valence-electron chi connectivity index (χ3n) is 8.48. The monoisotopic (exact) mass is 505 g/mol. The number of rotatable bonds is 9. The molecule has 3 aliphatic rings. The summed E-state index contributed by atoms with van der Waals surface area (Å²) in [7, 11) is 1.76. The molecule has 190 valence electrons. The highest BCUT2D eigenvalue weighted by Crippen LogP contribution is 2.42. The highest BCUT2D eigenvalue weighted by atomic mass is 35.5. The van der Waals surface area contributed by atoms with E-state index in [1.807, 2.05) is 30.3 Å². The number of likely N-dealkylation sites (N-methyl/N-ethyl adjacent to an activating group) is 1. The van der Waals surface area contributed by atoms with Gasteiger partial charge >= 0.3 is 0 Å². The van der Waals surface area contributed by atoms with Crippen molar-refractivity contribution in [2.75, 3.05) is 18.5 Å². The Morgan fingerprint density at radius 2 is 1.94 bits per heavy atom. The fourth-order valence-electron chi connectivity index (χ4n) is 5.60. The van der Waals surface area contributed by atoms with Crippen LogP contribution in [0.3, 0.4) is 0 Å². The Labute approximate surface area is 219 Å². The van der Waals surface area contributed by atoms with Crippen LogP contribution in [0.25, 0.3) is 0 Å². The summed E-state index contributed by atoms with van der Waals surface area (Å²) in [5.74, 6) is 1.49. The molecule has 1 heterocycles. The van der Waals surface area contributed by atoms with Crippen molar-refractivity contribution in [3.8, 4) is 0 Å². The van der Waals surface area contributed by atoms with Gasteiger partial charge in [-0.25, -0.2) is 0 Å². The molecule has 2 aromatic carbocycles. The minimum absolute atomic E-state index is 0.0241. The maximum absolute atomic E-state index is 13.6. The molecule has 0 bridgehead atoms. The van der Waals surface area contributed by atoms with Crippen LogP contribution < -0.4 is 10.2 Å². The molecule has 2 aliphatic carbocycles. The molecule has 0 unspecified atom stereocenters. The van der Waals surface area contributed by atoms with E-state index in [9.17, 15) is 4.79 Å². The van der Waals surface area contributed by atoms with Gasteiger partial charge in [0.15, 0.2) is 0 Å². The van der Waals surface area contributed by atoms with E-state index in [2.05, 4.69) is 18.3 Å². The molecule has 0 spiro atoms. The van der Waals surface area contributed by atoms with Crippen molar-refractivity contribution in [1.82, 2.24) is 10.2 Å². The zero-order chi connectivity index (χ0) is 25.4. The van der Waals surface area contributed by atoms with E-state index in [-0.39, 0.29) is 17.9 Å². The summed E-state index contributed by atoms with van der Waals surface area (Å²) in [4.78, 5) is 17.0. The average molecular weight is 506 g/mol. The molecule has 0 saturated heterocycles. The zero-order valence-electron chi connectivity index (χ0n) is 21.2. The van der Waals surface area contributed by atoms with Gasteiger partial charge in [0, 0.05) is 40.8 Å². The Hall–Kier alpha value is -2.70. The number of anilines is 1. The molecule has 2 atom stereocenters. The second kappa shape index (κ2) is 10.3. The number of hydrogen-bond acceptors (Lipinski definition) is 4. The predicted octanol–water partition coefficient (Wildman–Crippen LogP) is 6.35. The smallest absolute Gasteiger partial charge is 0.258 e. The Bertz CT molecular complexity index is 1170. The molecule has 2 fully saturated rings. The Morgan fingerprint density at radius 1 is 1.19 bits per heavy atom. The molecule has 0 radical (unpaired) electrons. The maximum atomic E-state index is 13.6. The van der Waals surface area contributed by atoms with Crippen molar-refractivity contribution in [3.05, 3.63) is 63.7 Å². The summed E-state index contributed by atoms with van der Waals surface area (Å²) >= 11 is 6.72. The van der Waals surface area contributed by atoms with E-state index < -0.39 is 0 Å². The maximum Gasteiger partial charge on any atom is 0.258 e. The molecule has 5 rings (SSSR count). The molecule has 2 aromatic rings. The van der Waals surface area contributed by atoms with Gasteiger partial charge in [-0.2, -0.15) is 0 Å². The van der Waals surface area contributed by atoms with Gasteiger partial charge in [0.2, 0.25) is 0 Å². The van der Waals surface area contributed by atoms with Crippen LogP contribution in [-0.4, -0.2) is 36.6 Å². The van der Waals surface area contributed by atoms with Crippen molar-refractivity contribution in [2.24, 2.45) is 11.8 Å². The molecule has 1 amide bonds. The van der Waals surface area contributed by atoms with Crippen molar-refractivity contribution < 1.29 is 4.79 Å². The van der Waals surface area contributed by atoms with Crippen molar-refractivity contribution in [1.29, 1.82) is 10.8 Å². The standard InChI is InChI=1S/C29H36ClN5O/c1-18(33-15-19-6-3-7-19)22-13-24-25(26(30)14-22)16-35(29(24)36)23-11-5-10-21(12-23)27(20-8-4-9-20)28(32)34(2)17-31/h5,10-14,17-20,27,31-33H,3-4,6-9,15-16H2,1-2H3/t18-,27+/m0/s1. The third kappa shape index (κ3) is 4.69. The van der Waals surface area contributed by atoms with E-state index in [0.717, 1.165) is 47.7 Å². The summed E-state index contributed by atoms with van der Waals surface area (Å²) in [6.45, 7) is 3.60. The van der Waals surface area contributed by atoms with Crippen LogP contribution in [-0.2, 0) is 6.54 Å². The Morgan fingerprint density at radius 3 is 2.58 bits per heavy atom. The predicted molar refractivity (Wildman–Crippen MR) is 147 cm³/mol. The first-order valence-corrected chi connectivity index (χ1v) is 13.5. The van der Waals surface area contributed by atoms with E-state index in [1.165, 1.54) is 32.0 Å². The van der Waals surface area contributed by atoms with Gasteiger partial charge in [0.1, 0.15) is 5.84 Å². The molecule has 3 N–H and O–H groups in total. The quantitative estimate of drug-likeness (QED) is 0.274. The van der Waals surface area contributed by atoms with Gasteiger partial charge in [-0.1, -0.05) is 36.6 Å². The van der Waals surface area contributed by atoms with Crippen LogP contribution in [0.5, 0.6) is 0 Å². The second-order valence-corrected chi connectivity index (χ2v) is 11.1. The minimum Gasteiger partial charge on any atom is -0.324 e. The van der Waals surface area contributed by atoms with Crippen LogP contribution in [0, 0.1) is 22.7 Å². The normalized spacial score (nSPS) is 19.3. The van der Waals surface area contributed by atoms with Crippen LogP contribution in [0.15, 0.2) is 36.4 Å². The first kappa shape index (κ1) is 25.0. The lowest BCUT2D eigenvalue weighted by Crippen LogP contribution is -2.36. The molecule has 6 nitrogen and oxygen atoms in total. The number of fused-ring (bicyclic) bond motifs is 1. The third-order valence-corrected chi connectivity index (χ3v) is 8.81. The van der Waals surface area contributed by atoms with Crippen molar-refractivity contribution in [3.63, 3.8) is 0 Å². The lowest BCUT2D eigenvalue weighted by molar-refractivity contribution is 0.0996. The van der Waals surface area contributed by atoms with Gasteiger partial charge < -0.3 is 15.1 Å². The second-order valence-electron chi connectivity index (χ2n) is 10.7. The van der Waals surface area contributed by atoms with Gasteiger partial charge in [0.25, 0.3) is 5.91 Å². The number of nitrogens with one attached hydrogen (secondary N) is 3. The first-order valence-electron chi connectivity index (χ1n) is 13.2. The summed E-state index contributed by atoms with van der Waals surface area (Å²) in [5.41, 5.74) is 4.48.